The van der Waals surface area contributed by atoms with Crippen molar-refractivity contribution in [3.8, 4) is 0 Å². The third kappa shape index (κ3) is 5.88. The van der Waals surface area contributed by atoms with Gasteiger partial charge in [-0.15, -0.1) is 0 Å². The average molecular weight is 306 g/mol. The smallest absolute Gasteiger partial charge is 0.338 e. The molecule has 1 aromatic rings. The summed E-state index contributed by atoms with van der Waals surface area (Å²) in [5.41, 5.74) is 0.892. The minimum Gasteiger partial charge on any atom is -0.462 e. The van der Waals surface area contributed by atoms with E-state index >= 15 is 0 Å². The number of hydrogen-bond donors (Lipinski definition) is 0. The molecule has 0 fully saturated rings. The molecule has 0 saturated heterocycles. The van der Waals surface area contributed by atoms with Crippen molar-refractivity contribution in [2.45, 2.75) is 40.5 Å². The molecule has 0 unspecified atom stereocenters. The van der Waals surface area contributed by atoms with Crippen LogP contribution in [0.25, 0.3) is 0 Å². The second kappa shape index (κ2) is 9.23. The summed E-state index contributed by atoms with van der Waals surface area (Å²) in [6, 6.07) is 6.38. The van der Waals surface area contributed by atoms with Crippen molar-refractivity contribution in [1.29, 1.82) is 0 Å². The molecule has 0 radical (unpaired) electrons. The molecule has 0 heterocycles. The molecule has 0 saturated carbocycles. The van der Waals surface area contributed by atoms with Gasteiger partial charge >= 0.3 is 11.9 Å². The maximum absolute atomic E-state index is 11.9. The highest BCUT2D eigenvalue weighted by Gasteiger charge is 2.13. The first-order valence-electron chi connectivity index (χ1n) is 7.92. The summed E-state index contributed by atoms with van der Waals surface area (Å²) in [7, 11) is 0. The van der Waals surface area contributed by atoms with Crippen LogP contribution in [0.2, 0.25) is 0 Å². The average Bonchev–Trinajstić information content (AvgIpc) is 2.53. The lowest BCUT2D eigenvalue weighted by molar-refractivity contribution is 0.0427. The summed E-state index contributed by atoms with van der Waals surface area (Å²) < 4.78 is 10.4. The Bertz CT molecular complexity index is 472. The molecule has 22 heavy (non-hydrogen) atoms. The van der Waals surface area contributed by atoms with Gasteiger partial charge in [-0.25, -0.2) is 9.59 Å². The largest absolute Gasteiger partial charge is 0.462 e. The predicted octanol–water partition coefficient (Wildman–Crippen LogP) is 4.09. The number of hydrogen-bond acceptors (Lipinski definition) is 4. The van der Waals surface area contributed by atoms with Crippen LogP contribution in [-0.2, 0) is 9.47 Å². The van der Waals surface area contributed by atoms with Crippen molar-refractivity contribution in [2.75, 3.05) is 13.2 Å². The minimum absolute atomic E-state index is 0.295. The molecule has 0 atom stereocenters. The van der Waals surface area contributed by atoms with Gasteiger partial charge in [-0.3, -0.25) is 0 Å². The van der Waals surface area contributed by atoms with E-state index in [9.17, 15) is 9.59 Å². The molecule has 122 valence electrons. The van der Waals surface area contributed by atoms with Crippen molar-refractivity contribution in [3.63, 3.8) is 0 Å². The standard InChI is InChI=1S/C18H26O4/c1-5-14(6-2)12-22-18(20)16-9-7-15(8-10-16)17(19)21-11-13(3)4/h7-10,13-14H,5-6,11-12H2,1-4H3. The summed E-state index contributed by atoms with van der Waals surface area (Å²) in [5, 5.41) is 0. The third-order valence-corrected chi connectivity index (χ3v) is 3.51. The predicted molar refractivity (Wildman–Crippen MR) is 85.9 cm³/mol. The molecule has 0 N–H and O–H groups in total. The van der Waals surface area contributed by atoms with Gasteiger partial charge in [-0.2, -0.15) is 0 Å². The van der Waals surface area contributed by atoms with Crippen LogP contribution in [-0.4, -0.2) is 25.2 Å². The van der Waals surface area contributed by atoms with E-state index in [1.807, 2.05) is 13.8 Å². The zero-order valence-corrected chi connectivity index (χ0v) is 13.9. The maximum atomic E-state index is 11.9. The molecule has 0 aliphatic rings. The summed E-state index contributed by atoms with van der Waals surface area (Å²) in [6.07, 6.45) is 1.98. The van der Waals surface area contributed by atoms with E-state index in [1.54, 1.807) is 24.3 Å². The van der Waals surface area contributed by atoms with Crippen LogP contribution >= 0.6 is 0 Å². The zero-order chi connectivity index (χ0) is 16.5. The Morgan fingerprint density at radius 3 is 1.64 bits per heavy atom. The normalized spacial score (nSPS) is 10.8. The monoisotopic (exact) mass is 306 g/mol. The molecule has 0 spiro atoms. The molecular weight excluding hydrogens is 280 g/mol. The van der Waals surface area contributed by atoms with Gasteiger partial charge in [0.05, 0.1) is 24.3 Å². The Labute approximate surface area is 132 Å². The maximum Gasteiger partial charge on any atom is 0.338 e. The Morgan fingerprint density at radius 1 is 0.864 bits per heavy atom. The lowest BCUT2D eigenvalue weighted by Gasteiger charge is -2.12. The Kier molecular flexibility index (Phi) is 7.64. The van der Waals surface area contributed by atoms with Gasteiger partial charge in [-0.1, -0.05) is 40.5 Å². The van der Waals surface area contributed by atoms with Gasteiger partial charge < -0.3 is 9.47 Å². The molecule has 1 aromatic carbocycles. The fourth-order valence-electron chi connectivity index (χ4n) is 1.87. The van der Waals surface area contributed by atoms with E-state index in [0.717, 1.165) is 12.8 Å². The van der Waals surface area contributed by atoms with Crippen LogP contribution in [0.1, 0.15) is 61.3 Å². The molecule has 4 nitrogen and oxygen atoms in total. The van der Waals surface area contributed by atoms with Crippen LogP contribution < -0.4 is 0 Å². The fraction of sp³-hybridized carbons (Fsp3) is 0.556. The van der Waals surface area contributed by atoms with Crippen LogP contribution in [0.15, 0.2) is 24.3 Å². The molecule has 0 bridgehead atoms. The lowest BCUT2D eigenvalue weighted by atomic mass is 10.1. The molecule has 0 aromatic heterocycles. The molecule has 4 heteroatoms. The number of benzene rings is 1. The van der Waals surface area contributed by atoms with Crippen molar-refractivity contribution < 1.29 is 19.1 Å². The van der Waals surface area contributed by atoms with Crippen LogP contribution in [0.4, 0.5) is 0 Å². The van der Waals surface area contributed by atoms with E-state index in [-0.39, 0.29) is 11.9 Å². The third-order valence-electron chi connectivity index (χ3n) is 3.51. The second-order valence-corrected chi connectivity index (χ2v) is 5.85. The van der Waals surface area contributed by atoms with Crippen LogP contribution in [0, 0.1) is 11.8 Å². The molecule has 0 aliphatic heterocycles. The van der Waals surface area contributed by atoms with Crippen molar-refractivity contribution in [3.05, 3.63) is 35.4 Å². The summed E-state index contributed by atoms with van der Waals surface area (Å²) >= 11 is 0. The van der Waals surface area contributed by atoms with Crippen LogP contribution in [0.5, 0.6) is 0 Å². The van der Waals surface area contributed by atoms with Gasteiger partial charge in [0, 0.05) is 0 Å². The first-order chi connectivity index (χ1) is 10.5. The van der Waals surface area contributed by atoms with Crippen LogP contribution in [0.3, 0.4) is 0 Å². The Hall–Kier alpha value is -1.84. The highest BCUT2D eigenvalue weighted by atomic mass is 16.5. The van der Waals surface area contributed by atoms with E-state index in [4.69, 9.17) is 9.47 Å². The van der Waals surface area contributed by atoms with Crippen molar-refractivity contribution in [2.24, 2.45) is 11.8 Å². The highest BCUT2D eigenvalue weighted by Crippen LogP contribution is 2.11. The number of carbonyl (C=O) groups is 2. The summed E-state index contributed by atoms with van der Waals surface area (Å²) in [4.78, 5) is 23.7. The van der Waals surface area contributed by atoms with E-state index < -0.39 is 0 Å². The van der Waals surface area contributed by atoms with E-state index in [1.165, 1.54) is 0 Å². The molecule has 0 aliphatic carbocycles. The van der Waals surface area contributed by atoms with Crippen molar-refractivity contribution >= 4 is 11.9 Å². The number of carbonyl (C=O) groups excluding carboxylic acids is 2. The number of ether oxygens (including phenoxy) is 2. The van der Waals surface area contributed by atoms with Gasteiger partial charge in [-0.05, 0) is 36.1 Å². The molecular formula is C18H26O4. The van der Waals surface area contributed by atoms with Gasteiger partial charge in [0.25, 0.3) is 0 Å². The Balaban J connectivity index is 2.56. The van der Waals surface area contributed by atoms with Crippen molar-refractivity contribution in [1.82, 2.24) is 0 Å². The van der Waals surface area contributed by atoms with Gasteiger partial charge in [0.15, 0.2) is 0 Å². The van der Waals surface area contributed by atoms with E-state index in [0.29, 0.717) is 36.2 Å². The fourth-order valence-corrected chi connectivity index (χ4v) is 1.87. The first kappa shape index (κ1) is 18.2. The molecule has 1 rings (SSSR count). The summed E-state index contributed by atoms with van der Waals surface area (Å²) in [6.45, 7) is 8.94. The zero-order valence-electron chi connectivity index (χ0n) is 13.9. The summed E-state index contributed by atoms with van der Waals surface area (Å²) in [5.74, 6) is -0.0304. The number of esters is 2. The Morgan fingerprint density at radius 2 is 1.27 bits per heavy atom. The molecule has 0 amide bonds. The highest BCUT2D eigenvalue weighted by molar-refractivity contribution is 5.93. The minimum atomic E-state index is -0.370. The second-order valence-electron chi connectivity index (χ2n) is 5.85. The quantitative estimate of drug-likeness (QED) is 0.679. The SMILES string of the molecule is CCC(CC)COC(=O)c1ccc(C(=O)OCC(C)C)cc1. The van der Waals surface area contributed by atoms with Gasteiger partial charge in [0.1, 0.15) is 0 Å². The lowest BCUT2D eigenvalue weighted by Crippen LogP contribution is -2.14. The van der Waals surface area contributed by atoms with E-state index in [2.05, 4.69) is 13.8 Å². The van der Waals surface area contributed by atoms with Gasteiger partial charge in [0.2, 0.25) is 0 Å². The first-order valence-corrected chi connectivity index (χ1v) is 7.92. The number of rotatable bonds is 8. The topological polar surface area (TPSA) is 52.6 Å².